The van der Waals surface area contributed by atoms with E-state index in [-0.39, 0.29) is 5.91 Å². The summed E-state index contributed by atoms with van der Waals surface area (Å²) in [7, 11) is 1.32. The summed E-state index contributed by atoms with van der Waals surface area (Å²) >= 11 is 0. The van der Waals surface area contributed by atoms with Gasteiger partial charge in [0.15, 0.2) is 0 Å². The van der Waals surface area contributed by atoms with Crippen LogP contribution in [0.4, 0.5) is 0 Å². The van der Waals surface area contributed by atoms with Crippen molar-refractivity contribution in [2.45, 2.75) is 38.8 Å². The van der Waals surface area contributed by atoms with E-state index in [0.29, 0.717) is 0 Å². The van der Waals surface area contributed by atoms with Gasteiger partial charge in [0.2, 0.25) is 5.91 Å². The molecular formula is C13H25N3O3. The van der Waals surface area contributed by atoms with Crippen LogP contribution in [0, 0.1) is 0 Å². The molecule has 1 rings (SSSR count). The zero-order valence-corrected chi connectivity index (χ0v) is 12.5. The van der Waals surface area contributed by atoms with Crippen LogP contribution in [0.25, 0.3) is 0 Å². The van der Waals surface area contributed by atoms with Crippen molar-refractivity contribution in [2.75, 3.05) is 33.3 Å². The number of methoxy groups -OCH3 is 1. The molecule has 1 heterocycles. The fraction of sp³-hybridized carbons (Fsp3) is 0.846. The van der Waals surface area contributed by atoms with Crippen LogP contribution in [-0.4, -0.2) is 61.1 Å². The van der Waals surface area contributed by atoms with Gasteiger partial charge >= 0.3 is 5.97 Å². The fourth-order valence-corrected chi connectivity index (χ4v) is 2.11. The van der Waals surface area contributed by atoms with E-state index in [9.17, 15) is 9.59 Å². The summed E-state index contributed by atoms with van der Waals surface area (Å²) in [6, 6.07) is 0. The van der Waals surface area contributed by atoms with Gasteiger partial charge in [-0.2, -0.15) is 0 Å². The lowest BCUT2D eigenvalue weighted by Gasteiger charge is -2.41. The lowest BCUT2D eigenvalue weighted by atomic mass is 9.97. The van der Waals surface area contributed by atoms with E-state index in [1.54, 1.807) is 13.8 Å². The molecule has 0 aromatic carbocycles. The van der Waals surface area contributed by atoms with E-state index in [2.05, 4.69) is 15.5 Å². The number of hydrogen-bond acceptors (Lipinski definition) is 5. The lowest BCUT2D eigenvalue weighted by Crippen LogP contribution is -2.63. The zero-order chi connectivity index (χ0) is 14.7. The number of carbonyl (C=O) groups is 2. The van der Waals surface area contributed by atoms with E-state index >= 15 is 0 Å². The molecule has 0 radical (unpaired) electrons. The molecule has 0 atom stereocenters. The van der Waals surface area contributed by atoms with E-state index < -0.39 is 17.0 Å². The predicted octanol–water partition coefficient (Wildman–Crippen LogP) is -0.262. The van der Waals surface area contributed by atoms with E-state index in [1.807, 2.05) is 13.8 Å². The van der Waals surface area contributed by atoms with Gasteiger partial charge < -0.3 is 15.4 Å². The van der Waals surface area contributed by atoms with Gasteiger partial charge in [-0.1, -0.05) is 0 Å². The van der Waals surface area contributed by atoms with Gasteiger partial charge in [-0.15, -0.1) is 0 Å². The summed E-state index contributed by atoms with van der Waals surface area (Å²) in [6.07, 6.45) is 0. The Morgan fingerprint density at radius 1 is 1.16 bits per heavy atom. The summed E-state index contributed by atoms with van der Waals surface area (Å²) in [5.74, 6) is -0.609. The van der Waals surface area contributed by atoms with Gasteiger partial charge in [-0.05, 0) is 27.7 Å². The van der Waals surface area contributed by atoms with Crippen LogP contribution in [0.15, 0.2) is 0 Å². The number of amides is 1. The largest absolute Gasteiger partial charge is 0.467 e. The predicted molar refractivity (Wildman–Crippen MR) is 72.8 cm³/mol. The van der Waals surface area contributed by atoms with Crippen molar-refractivity contribution in [3.8, 4) is 0 Å². The molecule has 1 aliphatic rings. The van der Waals surface area contributed by atoms with Crippen LogP contribution >= 0.6 is 0 Å². The van der Waals surface area contributed by atoms with E-state index in [0.717, 1.165) is 26.2 Å². The highest BCUT2D eigenvalue weighted by molar-refractivity contribution is 5.91. The maximum atomic E-state index is 12.4. The third kappa shape index (κ3) is 3.67. The van der Waals surface area contributed by atoms with Gasteiger partial charge in [-0.25, -0.2) is 4.79 Å². The second-order valence-corrected chi connectivity index (χ2v) is 5.87. The summed E-state index contributed by atoms with van der Waals surface area (Å²) in [4.78, 5) is 26.1. The maximum Gasteiger partial charge on any atom is 0.330 e. The highest BCUT2D eigenvalue weighted by Crippen LogP contribution is 2.17. The Hall–Kier alpha value is -1.14. The first-order valence-electron chi connectivity index (χ1n) is 6.58. The number of esters is 1. The van der Waals surface area contributed by atoms with Crippen molar-refractivity contribution >= 4 is 11.9 Å². The smallest absolute Gasteiger partial charge is 0.330 e. The monoisotopic (exact) mass is 271 g/mol. The molecule has 19 heavy (non-hydrogen) atoms. The summed E-state index contributed by atoms with van der Waals surface area (Å²) in [5, 5.41) is 6.02. The van der Waals surface area contributed by atoms with Crippen LogP contribution in [-0.2, 0) is 14.3 Å². The molecule has 0 aromatic heterocycles. The minimum absolute atomic E-state index is 0.162. The summed E-state index contributed by atoms with van der Waals surface area (Å²) in [5.41, 5.74) is -1.66. The van der Waals surface area contributed by atoms with Crippen molar-refractivity contribution in [3.63, 3.8) is 0 Å². The Morgan fingerprint density at radius 3 is 2.16 bits per heavy atom. The molecule has 0 saturated carbocycles. The van der Waals surface area contributed by atoms with Crippen molar-refractivity contribution in [2.24, 2.45) is 0 Å². The van der Waals surface area contributed by atoms with Gasteiger partial charge in [0.05, 0.1) is 12.6 Å². The van der Waals surface area contributed by atoms with Crippen molar-refractivity contribution < 1.29 is 14.3 Å². The highest BCUT2D eigenvalue weighted by Gasteiger charge is 2.40. The van der Waals surface area contributed by atoms with Gasteiger partial charge in [0.1, 0.15) is 5.54 Å². The molecule has 6 nitrogen and oxygen atoms in total. The summed E-state index contributed by atoms with van der Waals surface area (Å²) in [6.45, 7) is 10.4. The minimum Gasteiger partial charge on any atom is -0.467 e. The lowest BCUT2D eigenvalue weighted by molar-refractivity contribution is -0.151. The number of hydrogen-bond donors (Lipinski definition) is 2. The van der Waals surface area contributed by atoms with Crippen LogP contribution in [0.3, 0.4) is 0 Å². The molecule has 0 aromatic rings. The van der Waals surface area contributed by atoms with Gasteiger partial charge in [0.25, 0.3) is 0 Å². The first kappa shape index (κ1) is 15.9. The molecule has 2 N–H and O–H groups in total. The van der Waals surface area contributed by atoms with Crippen LogP contribution in [0.2, 0.25) is 0 Å². The summed E-state index contributed by atoms with van der Waals surface area (Å²) < 4.78 is 4.70. The Balaban J connectivity index is 2.72. The molecule has 0 aliphatic carbocycles. The Labute approximate surface area is 114 Å². The molecule has 1 aliphatic heterocycles. The van der Waals surface area contributed by atoms with Gasteiger partial charge in [0, 0.05) is 26.2 Å². The standard InChI is InChI=1S/C13H25N3O3/c1-12(2,11(18)19-5)15-10(17)13(3,4)16-8-6-14-7-9-16/h14H,6-9H2,1-5H3,(H,15,17). The van der Waals surface area contributed by atoms with Crippen molar-refractivity contribution in [1.82, 2.24) is 15.5 Å². The molecule has 1 amide bonds. The Morgan fingerprint density at radius 2 is 1.68 bits per heavy atom. The van der Waals surface area contributed by atoms with E-state index in [1.165, 1.54) is 7.11 Å². The molecule has 110 valence electrons. The molecule has 0 bridgehead atoms. The molecule has 1 saturated heterocycles. The third-order valence-corrected chi connectivity index (χ3v) is 3.58. The second-order valence-electron chi connectivity index (χ2n) is 5.87. The number of carbonyl (C=O) groups excluding carboxylic acids is 2. The highest BCUT2D eigenvalue weighted by atomic mass is 16.5. The van der Waals surface area contributed by atoms with Crippen LogP contribution in [0.5, 0.6) is 0 Å². The average molecular weight is 271 g/mol. The van der Waals surface area contributed by atoms with Crippen molar-refractivity contribution in [1.29, 1.82) is 0 Å². The van der Waals surface area contributed by atoms with Gasteiger partial charge in [-0.3, -0.25) is 9.69 Å². The first-order chi connectivity index (χ1) is 8.71. The number of nitrogens with zero attached hydrogens (tertiary/aromatic N) is 1. The molecule has 0 unspecified atom stereocenters. The molecule has 6 heteroatoms. The second kappa shape index (κ2) is 5.88. The minimum atomic E-state index is -1.02. The average Bonchev–Trinajstić information content (AvgIpc) is 2.38. The molecule has 0 spiro atoms. The third-order valence-electron chi connectivity index (χ3n) is 3.58. The molecular weight excluding hydrogens is 246 g/mol. The van der Waals surface area contributed by atoms with E-state index in [4.69, 9.17) is 4.74 Å². The maximum absolute atomic E-state index is 12.4. The number of rotatable bonds is 4. The number of piperazine rings is 1. The quantitative estimate of drug-likeness (QED) is 0.689. The SMILES string of the molecule is COC(=O)C(C)(C)NC(=O)C(C)(C)N1CCNCC1. The number of nitrogens with one attached hydrogen (secondary N) is 2. The van der Waals surface area contributed by atoms with Crippen LogP contribution in [0.1, 0.15) is 27.7 Å². The zero-order valence-electron chi connectivity index (χ0n) is 12.5. The Kier molecular flexibility index (Phi) is 4.92. The number of ether oxygens (including phenoxy) is 1. The first-order valence-corrected chi connectivity index (χ1v) is 6.58. The molecule has 1 fully saturated rings. The fourth-order valence-electron chi connectivity index (χ4n) is 2.11. The topological polar surface area (TPSA) is 70.7 Å². The Bertz CT molecular complexity index is 347. The normalized spacial score (nSPS) is 17.9. The van der Waals surface area contributed by atoms with Crippen molar-refractivity contribution in [3.05, 3.63) is 0 Å². The van der Waals surface area contributed by atoms with Crippen LogP contribution < -0.4 is 10.6 Å².